The summed E-state index contributed by atoms with van der Waals surface area (Å²) in [6, 6.07) is 10.1. The Morgan fingerprint density at radius 3 is 2.67 bits per heavy atom. The van der Waals surface area contributed by atoms with Crippen LogP contribution in [-0.2, 0) is 16.1 Å². The van der Waals surface area contributed by atoms with Crippen LogP contribution in [0.2, 0.25) is 0 Å². The molecule has 0 bridgehead atoms. The number of thiocarbonyl (C=S) groups is 1. The lowest BCUT2D eigenvalue weighted by Crippen LogP contribution is -2.45. The topological polar surface area (TPSA) is 70.8 Å². The Hall–Kier alpha value is -1.70. The summed E-state index contributed by atoms with van der Waals surface area (Å²) in [4.78, 5) is 15.5. The molecule has 0 unspecified atom stereocenters. The molecular formula is C17H26N4O2S. The van der Waals surface area contributed by atoms with Crippen molar-refractivity contribution in [3.63, 3.8) is 0 Å². The molecule has 1 saturated heterocycles. The molecule has 132 valence electrons. The largest absolute Gasteiger partial charge is 0.379 e. The summed E-state index contributed by atoms with van der Waals surface area (Å²) in [6.45, 7) is 6.41. The van der Waals surface area contributed by atoms with Crippen LogP contribution in [-0.4, -0.2) is 66.8 Å². The Morgan fingerprint density at radius 1 is 1.29 bits per heavy atom. The van der Waals surface area contributed by atoms with Crippen LogP contribution >= 0.6 is 12.2 Å². The highest BCUT2D eigenvalue weighted by molar-refractivity contribution is 7.80. The normalized spacial score (nSPS) is 15.0. The van der Waals surface area contributed by atoms with Crippen LogP contribution < -0.4 is 11.1 Å². The van der Waals surface area contributed by atoms with Gasteiger partial charge in [0.15, 0.2) is 5.11 Å². The van der Waals surface area contributed by atoms with Gasteiger partial charge in [-0.05, 0) is 17.8 Å². The number of amides is 1. The van der Waals surface area contributed by atoms with Crippen molar-refractivity contribution in [2.24, 2.45) is 5.73 Å². The summed E-state index contributed by atoms with van der Waals surface area (Å²) in [7, 11) is 0. The number of nitrogens with zero attached hydrogens (tertiary/aromatic N) is 2. The molecule has 1 aliphatic rings. The molecule has 1 heterocycles. The van der Waals surface area contributed by atoms with Crippen molar-refractivity contribution in [1.29, 1.82) is 0 Å². The minimum atomic E-state index is -0.316. The SMILES string of the molecule is NC(=O)CCN(Cc1ccccc1)C(=S)NCCN1CCOCC1. The number of hydrogen-bond acceptors (Lipinski definition) is 4. The zero-order valence-corrected chi connectivity index (χ0v) is 14.8. The van der Waals surface area contributed by atoms with Gasteiger partial charge in [-0.1, -0.05) is 30.3 Å². The lowest BCUT2D eigenvalue weighted by atomic mass is 10.2. The third-order valence-electron chi connectivity index (χ3n) is 3.94. The number of nitrogens with one attached hydrogen (secondary N) is 1. The van der Waals surface area contributed by atoms with E-state index in [1.807, 2.05) is 35.2 Å². The van der Waals surface area contributed by atoms with Gasteiger partial charge < -0.3 is 20.7 Å². The smallest absolute Gasteiger partial charge is 0.219 e. The third kappa shape index (κ3) is 6.82. The third-order valence-corrected chi connectivity index (χ3v) is 4.34. The Kier molecular flexibility index (Phi) is 7.94. The van der Waals surface area contributed by atoms with Gasteiger partial charge in [0.2, 0.25) is 5.91 Å². The van der Waals surface area contributed by atoms with Gasteiger partial charge in [-0.3, -0.25) is 9.69 Å². The number of morpholine rings is 1. The molecule has 1 fully saturated rings. The molecule has 0 atom stereocenters. The number of ether oxygens (including phenoxy) is 1. The molecule has 24 heavy (non-hydrogen) atoms. The van der Waals surface area contributed by atoms with Gasteiger partial charge in [0, 0.05) is 45.7 Å². The van der Waals surface area contributed by atoms with Gasteiger partial charge in [-0.2, -0.15) is 0 Å². The van der Waals surface area contributed by atoms with Gasteiger partial charge >= 0.3 is 0 Å². The van der Waals surface area contributed by atoms with E-state index < -0.39 is 0 Å². The Labute approximate surface area is 148 Å². The van der Waals surface area contributed by atoms with Gasteiger partial charge in [0.1, 0.15) is 0 Å². The van der Waals surface area contributed by atoms with Crippen LogP contribution in [0.3, 0.4) is 0 Å². The molecule has 1 aromatic carbocycles. The van der Waals surface area contributed by atoms with E-state index in [0.29, 0.717) is 18.2 Å². The second-order valence-corrected chi connectivity index (χ2v) is 6.20. The second kappa shape index (κ2) is 10.2. The summed E-state index contributed by atoms with van der Waals surface area (Å²) < 4.78 is 5.35. The molecule has 1 aromatic rings. The van der Waals surface area contributed by atoms with Crippen LogP contribution in [0.5, 0.6) is 0 Å². The number of nitrogens with two attached hydrogens (primary N) is 1. The molecule has 1 amide bonds. The first-order valence-electron chi connectivity index (χ1n) is 8.30. The number of carbonyl (C=O) groups excluding carboxylic acids is 1. The molecule has 2 rings (SSSR count). The quantitative estimate of drug-likeness (QED) is 0.668. The first kappa shape index (κ1) is 18.6. The Balaban J connectivity index is 1.82. The van der Waals surface area contributed by atoms with E-state index in [9.17, 15) is 4.79 Å². The van der Waals surface area contributed by atoms with Crippen LogP contribution in [0, 0.1) is 0 Å². The maximum Gasteiger partial charge on any atom is 0.219 e. The predicted molar refractivity (Wildman–Crippen MR) is 98.5 cm³/mol. The maximum atomic E-state index is 11.1. The Morgan fingerprint density at radius 2 is 2.00 bits per heavy atom. The monoisotopic (exact) mass is 350 g/mol. The molecule has 7 heteroatoms. The summed E-state index contributed by atoms with van der Waals surface area (Å²) in [5, 5.41) is 3.96. The van der Waals surface area contributed by atoms with Crippen LogP contribution in [0.4, 0.5) is 0 Å². The minimum absolute atomic E-state index is 0.290. The number of hydrogen-bond donors (Lipinski definition) is 2. The van der Waals surface area contributed by atoms with Crippen molar-refractivity contribution < 1.29 is 9.53 Å². The van der Waals surface area contributed by atoms with Crippen LogP contribution in [0.25, 0.3) is 0 Å². The summed E-state index contributed by atoms with van der Waals surface area (Å²) in [5.74, 6) is -0.316. The standard InChI is InChI=1S/C17H26N4O2S/c18-16(22)6-8-21(14-15-4-2-1-3-5-15)17(24)19-7-9-20-10-12-23-13-11-20/h1-5H,6-14H2,(H2,18,22)(H,19,24). The highest BCUT2D eigenvalue weighted by Gasteiger charge is 2.13. The molecule has 6 nitrogen and oxygen atoms in total. The Bertz CT molecular complexity index is 521. The van der Waals surface area contributed by atoms with E-state index in [2.05, 4.69) is 10.2 Å². The molecule has 0 radical (unpaired) electrons. The fraction of sp³-hybridized carbons (Fsp3) is 0.529. The fourth-order valence-electron chi connectivity index (χ4n) is 2.56. The van der Waals surface area contributed by atoms with E-state index in [-0.39, 0.29) is 12.3 Å². The van der Waals surface area contributed by atoms with Crippen molar-refractivity contribution in [2.45, 2.75) is 13.0 Å². The molecule has 1 aliphatic heterocycles. The van der Waals surface area contributed by atoms with Crippen molar-refractivity contribution in [3.05, 3.63) is 35.9 Å². The zero-order chi connectivity index (χ0) is 17.2. The summed E-state index contributed by atoms with van der Waals surface area (Å²) in [6.07, 6.45) is 0.290. The molecule has 0 saturated carbocycles. The average molecular weight is 350 g/mol. The van der Waals surface area contributed by atoms with E-state index in [1.54, 1.807) is 0 Å². The lowest BCUT2D eigenvalue weighted by Gasteiger charge is -2.29. The fourth-order valence-corrected chi connectivity index (χ4v) is 2.82. The first-order chi connectivity index (χ1) is 11.6. The highest BCUT2D eigenvalue weighted by Crippen LogP contribution is 2.06. The molecular weight excluding hydrogens is 324 g/mol. The number of rotatable bonds is 8. The second-order valence-electron chi connectivity index (χ2n) is 5.81. The van der Waals surface area contributed by atoms with E-state index in [1.165, 1.54) is 0 Å². The number of primary amides is 1. The van der Waals surface area contributed by atoms with Crippen molar-refractivity contribution in [1.82, 2.24) is 15.1 Å². The van der Waals surface area contributed by atoms with Crippen molar-refractivity contribution >= 4 is 23.2 Å². The van der Waals surface area contributed by atoms with Gasteiger partial charge in [0.25, 0.3) is 0 Å². The number of carbonyl (C=O) groups is 1. The lowest BCUT2D eigenvalue weighted by molar-refractivity contribution is -0.118. The van der Waals surface area contributed by atoms with Gasteiger partial charge in [-0.25, -0.2) is 0 Å². The van der Waals surface area contributed by atoms with E-state index in [0.717, 1.165) is 45.0 Å². The molecule has 0 aliphatic carbocycles. The maximum absolute atomic E-state index is 11.1. The van der Waals surface area contributed by atoms with Crippen molar-refractivity contribution in [3.8, 4) is 0 Å². The molecule has 0 aromatic heterocycles. The van der Waals surface area contributed by atoms with Crippen LogP contribution in [0.1, 0.15) is 12.0 Å². The van der Waals surface area contributed by atoms with Crippen LogP contribution in [0.15, 0.2) is 30.3 Å². The van der Waals surface area contributed by atoms with Gasteiger partial charge in [0.05, 0.1) is 13.2 Å². The van der Waals surface area contributed by atoms with Crippen molar-refractivity contribution in [2.75, 3.05) is 45.9 Å². The summed E-state index contributed by atoms with van der Waals surface area (Å²) >= 11 is 5.51. The molecule has 3 N–H and O–H groups in total. The number of benzene rings is 1. The summed E-state index contributed by atoms with van der Waals surface area (Å²) in [5.41, 5.74) is 6.44. The highest BCUT2D eigenvalue weighted by atomic mass is 32.1. The first-order valence-corrected chi connectivity index (χ1v) is 8.71. The van der Waals surface area contributed by atoms with E-state index in [4.69, 9.17) is 22.7 Å². The molecule has 0 spiro atoms. The van der Waals surface area contributed by atoms with E-state index >= 15 is 0 Å². The average Bonchev–Trinajstić information content (AvgIpc) is 2.60. The zero-order valence-electron chi connectivity index (χ0n) is 13.9. The van der Waals surface area contributed by atoms with Gasteiger partial charge in [-0.15, -0.1) is 0 Å². The predicted octanol–water partition coefficient (Wildman–Crippen LogP) is 0.571. The minimum Gasteiger partial charge on any atom is -0.379 e.